The molecule has 1 saturated heterocycles. The van der Waals surface area contributed by atoms with Crippen molar-refractivity contribution in [2.75, 3.05) is 4.90 Å². The lowest BCUT2D eigenvalue weighted by Gasteiger charge is -2.14. The van der Waals surface area contributed by atoms with Gasteiger partial charge < -0.3 is 9.52 Å². The maximum atomic E-state index is 12.8. The number of anilines is 1. The average Bonchev–Trinajstić information content (AvgIpc) is 3.37. The molecule has 1 aliphatic rings. The molecule has 3 aromatic rings. The van der Waals surface area contributed by atoms with E-state index in [0.717, 1.165) is 10.6 Å². The highest BCUT2D eigenvalue weighted by Gasteiger charge is 2.33. The van der Waals surface area contributed by atoms with Crippen molar-refractivity contribution < 1.29 is 19.1 Å². The second kappa shape index (κ2) is 7.15. The first kappa shape index (κ1) is 17.7. The number of aromatic carboxylic acids is 1. The van der Waals surface area contributed by atoms with Crippen molar-refractivity contribution in [2.24, 2.45) is 0 Å². The molecule has 0 aliphatic carbocycles. The van der Waals surface area contributed by atoms with Gasteiger partial charge in [-0.2, -0.15) is 0 Å². The van der Waals surface area contributed by atoms with E-state index >= 15 is 0 Å². The first-order valence-corrected chi connectivity index (χ1v) is 9.88. The Morgan fingerprint density at radius 2 is 1.93 bits per heavy atom. The Labute approximate surface area is 167 Å². The Hall–Kier alpha value is -2.68. The van der Waals surface area contributed by atoms with Crippen molar-refractivity contribution in [1.29, 1.82) is 0 Å². The van der Waals surface area contributed by atoms with Crippen LogP contribution in [0.4, 0.5) is 5.69 Å². The summed E-state index contributed by atoms with van der Waals surface area (Å²) in [5.41, 5.74) is 0.682. The molecule has 1 aliphatic heterocycles. The summed E-state index contributed by atoms with van der Waals surface area (Å²) in [5.74, 6) is 0.0319. The summed E-state index contributed by atoms with van der Waals surface area (Å²) in [7, 11) is 0. The molecule has 0 atom stereocenters. The van der Waals surface area contributed by atoms with Crippen LogP contribution in [-0.4, -0.2) is 21.3 Å². The minimum atomic E-state index is -1.02. The maximum absolute atomic E-state index is 12.8. The molecular weight excluding hydrogens is 402 g/mol. The summed E-state index contributed by atoms with van der Waals surface area (Å²) in [6, 6.07) is 13.6. The van der Waals surface area contributed by atoms with Gasteiger partial charge in [0, 0.05) is 6.08 Å². The molecule has 2 aromatic heterocycles. The van der Waals surface area contributed by atoms with Crippen molar-refractivity contribution in [3.8, 4) is 10.6 Å². The maximum Gasteiger partial charge on any atom is 0.335 e. The highest BCUT2D eigenvalue weighted by molar-refractivity contribution is 8.27. The number of thioether (sulfide) groups is 1. The molecule has 27 heavy (non-hydrogen) atoms. The van der Waals surface area contributed by atoms with E-state index < -0.39 is 5.97 Å². The molecule has 0 radical (unpaired) electrons. The normalized spacial score (nSPS) is 15.7. The number of carboxylic acids is 1. The van der Waals surface area contributed by atoms with Crippen molar-refractivity contribution in [2.45, 2.75) is 0 Å². The van der Waals surface area contributed by atoms with Gasteiger partial charge in [-0.3, -0.25) is 9.69 Å². The van der Waals surface area contributed by atoms with Crippen molar-refractivity contribution >= 4 is 63.3 Å². The van der Waals surface area contributed by atoms with E-state index in [9.17, 15) is 9.59 Å². The molecule has 134 valence electrons. The smallest absolute Gasteiger partial charge is 0.335 e. The molecule has 0 saturated carbocycles. The number of hydrogen-bond acceptors (Lipinski definition) is 6. The van der Waals surface area contributed by atoms with Gasteiger partial charge >= 0.3 is 5.97 Å². The SMILES string of the molecule is O=C(O)c1ccc(N2C(=O)/C(=C\c3ccc(-c4cccs4)o3)SC2=S)cc1. The first-order valence-electron chi connectivity index (χ1n) is 7.78. The number of nitrogens with zero attached hydrogens (tertiary/aromatic N) is 1. The van der Waals surface area contributed by atoms with Crippen LogP contribution in [0.15, 0.2) is 63.2 Å². The largest absolute Gasteiger partial charge is 0.478 e. The van der Waals surface area contributed by atoms with E-state index in [4.69, 9.17) is 21.7 Å². The van der Waals surface area contributed by atoms with Crippen LogP contribution in [0.1, 0.15) is 16.1 Å². The lowest BCUT2D eigenvalue weighted by molar-refractivity contribution is -0.113. The number of benzene rings is 1. The van der Waals surface area contributed by atoms with Crippen LogP contribution >= 0.6 is 35.3 Å². The van der Waals surface area contributed by atoms with Gasteiger partial charge in [-0.1, -0.05) is 30.0 Å². The van der Waals surface area contributed by atoms with Crippen molar-refractivity contribution in [3.63, 3.8) is 0 Å². The lowest BCUT2D eigenvalue weighted by Crippen LogP contribution is -2.27. The summed E-state index contributed by atoms with van der Waals surface area (Å²) in [5, 5.41) is 11.0. The Morgan fingerprint density at radius 3 is 2.59 bits per heavy atom. The number of amides is 1. The molecule has 1 fully saturated rings. The minimum absolute atomic E-state index is 0.149. The van der Waals surface area contributed by atoms with Gasteiger partial charge in [0.05, 0.1) is 21.0 Å². The van der Waals surface area contributed by atoms with Crippen LogP contribution < -0.4 is 4.90 Å². The van der Waals surface area contributed by atoms with Crippen molar-refractivity contribution in [1.82, 2.24) is 0 Å². The zero-order chi connectivity index (χ0) is 19.0. The number of furan rings is 1. The molecule has 5 nitrogen and oxygen atoms in total. The highest BCUT2D eigenvalue weighted by atomic mass is 32.2. The van der Waals surface area contributed by atoms with Crippen LogP contribution in [0.2, 0.25) is 0 Å². The van der Waals surface area contributed by atoms with Gasteiger partial charge in [0.15, 0.2) is 4.32 Å². The number of rotatable bonds is 4. The first-order chi connectivity index (χ1) is 13.0. The standard InChI is InChI=1S/C19H11NO4S3/c21-17-16(10-13-7-8-14(24-13)15-2-1-9-26-15)27-19(25)20(17)12-5-3-11(4-6-12)18(22)23/h1-10H,(H,22,23)/b16-10+. The molecule has 4 rings (SSSR count). The second-order valence-electron chi connectivity index (χ2n) is 5.55. The fourth-order valence-electron chi connectivity index (χ4n) is 2.55. The lowest BCUT2D eigenvalue weighted by atomic mass is 10.2. The van der Waals surface area contributed by atoms with E-state index in [1.54, 1.807) is 29.5 Å². The second-order valence-corrected chi connectivity index (χ2v) is 8.17. The van der Waals surface area contributed by atoms with Gasteiger partial charge in [-0.05, 0) is 47.8 Å². The van der Waals surface area contributed by atoms with E-state index in [-0.39, 0.29) is 11.5 Å². The average molecular weight is 414 g/mol. The molecule has 1 N–H and O–H groups in total. The summed E-state index contributed by atoms with van der Waals surface area (Å²) in [4.78, 5) is 26.6. The number of hydrogen-bond donors (Lipinski definition) is 1. The Kier molecular flexibility index (Phi) is 4.69. The zero-order valence-electron chi connectivity index (χ0n) is 13.6. The number of carbonyl (C=O) groups excluding carboxylic acids is 1. The van der Waals surface area contributed by atoms with Crippen LogP contribution in [0.3, 0.4) is 0 Å². The van der Waals surface area contributed by atoms with Crippen LogP contribution in [-0.2, 0) is 4.79 Å². The van der Waals surface area contributed by atoms with E-state index in [2.05, 4.69) is 0 Å². The Morgan fingerprint density at radius 1 is 1.15 bits per heavy atom. The predicted molar refractivity (Wildman–Crippen MR) is 111 cm³/mol. The third-order valence-corrected chi connectivity index (χ3v) is 6.02. The van der Waals surface area contributed by atoms with Crippen molar-refractivity contribution in [3.05, 3.63) is 70.1 Å². The number of thiophene rings is 1. The summed E-state index contributed by atoms with van der Waals surface area (Å²) < 4.78 is 6.19. The molecule has 1 aromatic carbocycles. The molecule has 3 heterocycles. The highest BCUT2D eigenvalue weighted by Crippen LogP contribution is 2.37. The van der Waals surface area contributed by atoms with Gasteiger partial charge in [0.1, 0.15) is 11.5 Å². The third kappa shape index (κ3) is 3.46. The van der Waals surface area contributed by atoms with Gasteiger partial charge in [-0.15, -0.1) is 11.3 Å². The predicted octanol–water partition coefficient (Wildman–Crippen LogP) is 5.11. The topological polar surface area (TPSA) is 70.8 Å². The van der Waals surface area contributed by atoms with Crippen LogP contribution in [0.25, 0.3) is 16.7 Å². The summed E-state index contributed by atoms with van der Waals surface area (Å²) >= 11 is 8.09. The Balaban J connectivity index is 1.59. The van der Waals surface area contributed by atoms with Crippen LogP contribution in [0, 0.1) is 0 Å². The molecule has 8 heteroatoms. The van der Waals surface area contributed by atoms with E-state index in [0.29, 0.717) is 20.7 Å². The fourth-order valence-corrected chi connectivity index (χ4v) is 4.52. The minimum Gasteiger partial charge on any atom is -0.478 e. The fraction of sp³-hybridized carbons (Fsp3) is 0. The quantitative estimate of drug-likeness (QED) is 0.473. The summed E-state index contributed by atoms with van der Waals surface area (Å²) in [6.07, 6.45) is 1.67. The third-order valence-electron chi connectivity index (χ3n) is 3.83. The number of carbonyl (C=O) groups is 2. The van der Waals surface area contributed by atoms with Gasteiger partial charge in [-0.25, -0.2) is 4.79 Å². The molecular formula is C19H11NO4S3. The zero-order valence-corrected chi connectivity index (χ0v) is 16.1. The molecule has 0 unspecified atom stereocenters. The monoisotopic (exact) mass is 413 g/mol. The van der Waals surface area contributed by atoms with Gasteiger partial charge in [0.25, 0.3) is 5.91 Å². The van der Waals surface area contributed by atoms with E-state index in [1.807, 2.05) is 29.6 Å². The summed E-state index contributed by atoms with van der Waals surface area (Å²) in [6.45, 7) is 0. The molecule has 1 amide bonds. The van der Waals surface area contributed by atoms with Gasteiger partial charge in [0.2, 0.25) is 0 Å². The van der Waals surface area contributed by atoms with E-state index in [1.165, 1.54) is 28.8 Å². The van der Waals surface area contributed by atoms with Crippen LogP contribution in [0.5, 0.6) is 0 Å². The Bertz CT molecular complexity index is 1060. The number of thiocarbonyl (C=S) groups is 1. The molecule has 0 bridgehead atoms. The molecule has 0 spiro atoms. The number of carboxylic acid groups (broad SMARTS) is 1.